The molecule has 0 aromatic carbocycles. The molecule has 7 aromatic rings. The topological polar surface area (TPSA) is 129 Å². The number of hydrogen-bond donors (Lipinski definition) is 0. The van der Waals surface area contributed by atoms with Crippen LogP contribution >= 0.6 is 0 Å². The van der Waals surface area contributed by atoms with E-state index in [0.717, 1.165) is 39.7 Å². The average molecular weight is 1280 g/mol. The molecule has 0 saturated heterocycles. The van der Waals surface area contributed by atoms with Gasteiger partial charge in [0, 0.05) is 72.6 Å². The first kappa shape index (κ1) is 74.9. The summed E-state index contributed by atoms with van der Waals surface area (Å²) < 4.78 is 0. The molecule has 0 N–H and O–H groups in total. The Labute approximate surface area is 514 Å². The quantitative estimate of drug-likeness (QED) is 0.107. The molecule has 7 heterocycles. The predicted molar refractivity (Wildman–Crippen MR) is 340 cm³/mol. The van der Waals surface area contributed by atoms with Crippen LogP contribution in [-0.4, -0.2) is 49.8 Å². The van der Waals surface area contributed by atoms with Crippen LogP contribution in [-0.2, 0) is 58.3 Å². The number of rotatable bonds is 0. The molecule has 433 valence electrons. The fourth-order valence-corrected chi connectivity index (χ4v) is 6.27. The summed E-state index contributed by atoms with van der Waals surface area (Å²) >= 11 is 0. The van der Waals surface area contributed by atoms with E-state index in [2.05, 4.69) is 237 Å². The van der Waals surface area contributed by atoms with Gasteiger partial charge in [0.1, 0.15) is 40.6 Å². The van der Waals surface area contributed by atoms with Gasteiger partial charge in [0.2, 0.25) is 5.82 Å². The van der Waals surface area contributed by atoms with Crippen molar-refractivity contribution < 1.29 is 20.4 Å². The molecule has 0 saturated carbocycles. The van der Waals surface area contributed by atoms with E-state index < -0.39 is 0 Å². The Balaban J connectivity index is 0.000000944. The minimum absolute atomic E-state index is 0. The van der Waals surface area contributed by atoms with E-state index in [1.54, 1.807) is 37.1 Å². The van der Waals surface area contributed by atoms with Crippen LogP contribution in [0.3, 0.4) is 0 Å². The first-order valence-corrected chi connectivity index (χ1v) is 26.9. The van der Waals surface area contributed by atoms with E-state index in [0.29, 0.717) is 28.6 Å². The van der Waals surface area contributed by atoms with Crippen molar-refractivity contribution in [1.29, 1.82) is 0 Å². The molecule has 0 bridgehead atoms. The summed E-state index contributed by atoms with van der Waals surface area (Å²) in [5, 5.41) is 0. The normalized spacial score (nSPS) is 10.8. The van der Waals surface area contributed by atoms with Crippen LogP contribution in [0.5, 0.6) is 0 Å². The number of pyridine rings is 4. The van der Waals surface area contributed by atoms with Gasteiger partial charge in [0.15, 0.2) is 0 Å². The van der Waals surface area contributed by atoms with Gasteiger partial charge >= 0.3 is 0 Å². The van der Waals surface area contributed by atoms with Crippen LogP contribution in [0, 0.1) is 80.3 Å². The summed E-state index contributed by atoms with van der Waals surface area (Å²) in [4.78, 5) is 41.0. The van der Waals surface area contributed by atoms with E-state index in [1.807, 2.05) is 66.7 Å². The van der Waals surface area contributed by atoms with E-state index in [9.17, 15) is 0 Å². The fourth-order valence-electron chi connectivity index (χ4n) is 6.27. The molecule has 7 rings (SSSR count). The number of hydrogen-bond acceptors (Lipinski definition) is 10. The molecule has 0 unspecified atom stereocenters. The van der Waals surface area contributed by atoms with Crippen molar-refractivity contribution in [3.05, 3.63) is 190 Å². The number of aromatic nitrogens is 10. The second-order valence-electron chi connectivity index (χ2n) is 25.8. The van der Waals surface area contributed by atoms with E-state index in [4.69, 9.17) is 38.5 Å². The molecule has 11 heteroatoms. The second kappa shape index (κ2) is 33.7. The van der Waals surface area contributed by atoms with Gasteiger partial charge in [-0.2, -0.15) is 12.1 Å². The van der Waals surface area contributed by atoms with E-state index >= 15 is 0 Å². The summed E-state index contributed by atoms with van der Waals surface area (Å²) in [6.07, 6.45) is 44.6. The second-order valence-corrected chi connectivity index (χ2v) is 25.8. The zero-order valence-electron chi connectivity index (χ0n) is 53.2. The molecule has 0 amide bonds. The maximum Gasteiger partial charge on any atom is 0.204 e. The van der Waals surface area contributed by atoms with Crippen LogP contribution in [0.1, 0.15) is 219 Å². The molecule has 10 nitrogen and oxygen atoms in total. The van der Waals surface area contributed by atoms with Crippen LogP contribution < -0.4 is 0 Å². The molecule has 0 fully saturated rings. The zero-order chi connectivity index (χ0) is 62.8. The predicted octanol–water partition coefficient (Wildman–Crippen LogP) is 14.5. The first-order chi connectivity index (χ1) is 37.8. The Morgan fingerprint density at radius 1 is 0.361 bits per heavy atom. The molecule has 0 aliphatic rings. The maximum atomic E-state index is 5.33. The molecule has 0 atom stereocenters. The summed E-state index contributed by atoms with van der Waals surface area (Å²) in [7, 11) is 0. The van der Waals surface area contributed by atoms with Gasteiger partial charge in [-0.3, -0.25) is 0 Å². The van der Waals surface area contributed by atoms with Gasteiger partial charge in [0.25, 0.3) is 0 Å². The molecular formula is C72H87N10Re-. The third-order valence-electron chi connectivity index (χ3n) is 11.2. The van der Waals surface area contributed by atoms with Crippen molar-refractivity contribution >= 4 is 0 Å². The smallest absolute Gasteiger partial charge is 0.204 e. The van der Waals surface area contributed by atoms with Crippen molar-refractivity contribution in [2.24, 2.45) is 0 Å². The molecule has 0 spiro atoms. The Bertz CT molecular complexity index is 2970. The van der Waals surface area contributed by atoms with Crippen LogP contribution in [0.4, 0.5) is 0 Å². The van der Waals surface area contributed by atoms with Gasteiger partial charge in [0.05, 0.1) is 11.4 Å². The molecule has 1 radical (unpaired) electrons. The van der Waals surface area contributed by atoms with Gasteiger partial charge in [-0.05, 0) is 87.7 Å². The average Bonchev–Trinajstić information content (AvgIpc) is 3.49. The first-order valence-electron chi connectivity index (χ1n) is 26.9. The Morgan fingerprint density at radius 2 is 0.892 bits per heavy atom. The van der Waals surface area contributed by atoms with Crippen LogP contribution in [0.25, 0.3) is 0 Å². The minimum atomic E-state index is -0.0349. The van der Waals surface area contributed by atoms with Crippen molar-refractivity contribution in [3.8, 4) is 74.1 Å². The standard InChI is InChI=1S/3C11H13N.3C10H12N2.C9H12N.Re/c1-5-10-8-9(6-7-12-10)11(2,3)4;1-5-10-9(11(2,3)4)7-6-8-12-10;1-5-9-7-6-8-10(12-9)11(2,3)4;1-5-8-6-9(10(2,3)4)12-7-11-8;1-5-9-11-7-6-8(12-9)10(2,3)4;1-5-8-6-7-11-9(12-8)10(2,3)4;1-9(2,3)8-5-4-6-10-7-8;/h3*1,6-8H,2-4H3;3*1,6-7H,2-4H3;4-6H,1-3H3;/q;;;;;;-1;. The van der Waals surface area contributed by atoms with Crippen molar-refractivity contribution in [3.63, 3.8) is 0 Å². The largest absolute Gasteiger partial charge is 0.394 e. The third-order valence-corrected chi connectivity index (χ3v) is 11.2. The Morgan fingerprint density at radius 3 is 1.35 bits per heavy atom. The third kappa shape index (κ3) is 28.9. The minimum Gasteiger partial charge on any atom is -0.394 e. The Hall–Kier alpha value is -8.14. The van der Waals surface area contributed by atoms with Crippen LogP contribution in [0.2, 0.25) is 0 Å². The van der Waals surface area contributed by atoms with E-state index in [1.165, 1.54) is 11.9 Å². The summed E-state index contributed by atoms with van der Waals surface area (Å²) in [5.74, 6) is 16.3. The SMILES string of the molecule is C#Cc1cc(C(C)(C)C)ccn1.C#Cc1cc(C(C)(C)C)ncn1.C#Cc1cccc(C(C)(C)C)n1.C#Cc1ccnc(C(C)(C)C)n1.C#Cc1nccc(C(C)(C)C)n1.C#Cc1ncccc1C(C)(C)C.CC(C)(C)c1[c-]nccc1.[Re]. The summed E-state index contributed by atoms with van der Waals surface area (Å²) in [6.45, 7) is 44.4. The number of terminal acetylenes is 6. The molecule has 0 aliphatic carbocycles. The van der Waals surface area contributed by atoms with Gasteiger partial charge in [-0.25, -0.2) is 44.9 Å². The van der Waals surface area contributed by atoms with Crippen molar-refractivity contribution in [2.45, 2.75) is 183 Å². The van der Waals surface area contributed by atoms with E-state index in [-0.39, 0.29) is 58.3 Å². The van der Waals surface area contributed by atoms with Crippen molar-refractivity contribution in [1.82, 2.24) is 49.8 Å². The summed E-state index contributed by atoms with van der Waals surface area (Å²) in [6, 6.07) is 23.2. The van der Waals surface area contributed by atoms with Crippen LogP contribution in [0.15, 0.2) is 110 Å². The van der Waals surface area contributed by atoms with Crippen molar-refractivity contribution in [2.75, 3.05) is 0 Å². The fraction of sp³-hybridized carbons (Fsp3) is 0.389. The van der Waals surface area contributed by atoms with Gasteiger partial charge < -0.3 is 4.98 Å². The molecule has 7 aromatic heterocycles. The van der Waals surface area contributed by atoms with Gasteiger partial charge in [-0.15, -0.1) is 44.1 Å². The van der Waals surface area contributed by atoms with Gasteiger partial charge in [-0.1, -0.05) is 194 Å². The Kier molecular flexibility index (Phi) is 30.4. The molecule has 0 aliphatic heterocycles. The zero-order valence-corrected chi connectivity index (χ0v) is 55.9. The number of nitrogens with zero attached hydrogens (tertiary/aromatic N) is 10. The molecule has 83 heavy (non-hydrogen) atoms. The maximum absolute atomic E-state index is 5.33. The molecular weight excluding hydrogens is 1190 g/mol. The monoisotopic (exact) mass is 1280 g/mol. The summed E-state index contributed by atoms with van der Waals surface area (Å²) in [5.41, 5.74) is 10.5.